The molecular formula is C26H31F3N6O3S. The van der Waals surface area contributed by atoms with Gasteiger partial charge >= 0.3 is 17.6 Å². The van der Waals surface area contributed by atoms with Gasteiger partial charge in [0, 0.05) is 30.7 Å². The Hall–Kier alpha value is -3.32. The number of halogens is 3. The standard InChI is InChI=1S/C26H31F3N6O3S/c1-25(2)22(36)35(19-6-8-20(9-7-19)39-26(27,28)29)24(38)34(25)17-18-10-11-30-21(16-18)32-23(37)31-12-15-33-13-4-3-5-14-33/h6-11,16H,3-5,12-15,17H2,1-2H3,(H2,30,31,32,37). The van der Waals surface area contributed by atoms with Gasteiger partial charge in [0.15, 0.2) is 0 Å². The molecule has 0 spiro atoms. The lowest BCUT2D eigenvalue weighted by Gasteiger charge is -2.27. The summed E-state index contributed by atoms with van der Waals surface area (Å²) in [7, 11) is 0. The van der Waals surface area contributed by atoms with Crippen LogP contribution in [0.3, 0.4) is 0 Å². The van der Waals surface area contributed by atoms with E-state index in [1.54, 1.807) is 26.0 Å². The minimum absolute atomic E-state index is 0.0474. The molecule has 0 unspecified atom stereocenters. The number of rotatable bonds is 8. The maximum absolute atomic E-state index is 13.3. The van der Waals surface area contributed by atoms with Gasteiger partial charge in [-0.2, -0.15) is 13.2 Å². The van der Waals surface area contributed by atoms with Crippen LogP contribution in [0.25, 0.3) is 0 Å². The summed E-state index contributed by atoms with van der Waals surface area (Å²) in [5.74, 6) is -0.197. The van der Waals surface area contributed by atoms with E-state index >= 15 is 0 Å². The Labute approximate surface area is 229 Å². The van der Waals surface area contributed by atoms with E-state index in [1.807, 2.05) is 0 Å². The fourth-order valence-corrected chi connectivity index (χ4v) is 5.16. The average Bonchev–Trinajstić information content (AvgIpc) is 3.04. The van der Waals surface area contributed by atoms with Gasteiger partial charge in [-0.25, -0.2) is 19.5 Å². The Morgan fingerprint density at radius 2 is 1.77 bits per heavy atom. The summed E-state index contributed by atoms with van der Waals surface area (Å²) < 4.78 is 38.0. The van der Waals surface area contributed by atoms with Crippen LogP contribution in [0.5, 0.6) is 0 Å². The van der Waals surface area contributed by atoms with Crippen molar-refractivity contribution in [3.63, 3.8) is 0 Å². The third-order valence-corrected chi connectivity index (χ3v) is 7.46. The van der Waals surface area contributed by atoms with Crippen LogP contribution < -0.4 is 15.5 Å². The fraction of sp³-hybridized carbons (Fsp3) is 0.462. The Kier molecular flexibility index (Phi) is 8.70. The van der Waals surface area contributed by atoms with E-state index in [4.69, 9.17) is 0 Å². The van der Waals surface area contributed by atoms with Crippen LogP contribution in [-0.2, 0) is 11.3 Å². The lowest BCUT2D eigenvalue weighted by atomic mass is 10.0. The molecule has 2 fully saturated rings. The zero-order valence-corrected chi connectivity index (χ0v) is 22.6. The van der Waals surface area contributed by atoms with Crippen LogP contribution in [0.4, 0.5) is 34.3 Å². The van der Waals surface area contributed by atoms with Crippen LogP contribution in [0.1, 0.15) is 38.7 Å². The molecule has 4 rings (SSSR count). The van der Waals surface area contributed by atoms with Crippen molar-refractivity contribution in [2.45, 2.75) is 55.6 Å². The Morgan fingerprint density at radius 3 is 2.44 bits per heavy atom. The van der Waals surface area contributed by atoms with Gasteiger partial charge in [-0.15, -0.1) is 0 Å². The van der Waals surface area contributed by atoms with Crippen molar-refractivity contribution in [2.75, 3.05) is 36.4 Å². The number of aromatic nitrogens is 1. The molecule has 3 heterocycles. The van der Waals surface area contributed by atoms with E-state index in [2.05, 4.69) is 20.5 Å². The average molecular weight is 565 g/mol. The molecule has 0 atom stereocenters. The molecule has 9 nitrogen and oxygen atoms in total. The summed E-state index contributed by atoms with van der Waals surface area (Å²) in [5.41, 5.74) is -4.82. The molecule has 0 saturated carbocycles. The number of nitrogens with zero attached hydrogens (tertiary/aromatic N) is 4. The molecule has 0 radical (unpaired) electrons. The van der Waals surface area contributed by atoms with Crippen molar-refractivity contribution in [3.05, 3.63) is 48.2 Å². The van der Waals surface area contributed by atoms with Gasteiger partial charge in [0.25, 0.3) is 5.91 Å². The number of benzene rings is 1. The topological polar surface area (TPSA) is 97.9 Å². The zero-order valence-electron chi connectivity index (χ0n) is 21.8. The normalized spacial score (nSPS) is 18.0. The lowest BCUT2D eigenvalue weighted by molar-refractivity contribution is -0.123. The van der Waals surface area contributed by atoms with Crippen LogP contribution >= 0.6 is 11.8 Å². The molecule has 39 heavy (non-hydrogen) atoms. The van der Waals surface area contributed by atoms with Gasteiger partial charge < -0.3 is 15.1 Å². The van der Waals surface area contributed by atoms with Crippen LogP contribution in [0, 0.1) is 0 Å². The molecule has 13 heteroatoms. The Balaban J connectivity index is 1.38. The highest BCUT2D eigenvalue weighted by Gasteiger charge is 2.51. The first-order valence-corrected chi connectivity index (χ1v) is 13.5. The summed E-state index contributed by atoms with van der Waals surface area (Å²) in [6.45, 7) is 6.65. The minimum atomic E-state index is -4.44. The van der Waals surface area contributed by atoms with Crippen molar-refractivity contribution in [1.29, 1.82) is 0 Å². The van der Waals surface area contributed by atoms with Gasteiger partial charge in [-0.1, -0.05) is 6.42 Å². The van der Waals surface area contributed by atoms with E-state index in [-0.39, 0.29) is 34.9 Å². The summed E-state index contributed by atoms with van der Waals surface area (Å²) in [5, 5.41) is 5.52. The number of urea groups is 2. The van der Waals surface area contributed by atoms with Gasteiger partial charge in [0.2, 0.25) is 0 Å². The number of carbonyl (C=O) groups is 3. The van der Waals surface area contributed by atoms with Gasteiger partial charge in [0.05, 0.1) is 5.69 Å². The number of carbonyl (C=O) groups excluding carboxylic acids is 3. The molecule has 0 aliphatic carbocycles. The summed E-state index contributed by atoms with van der Waals surface area (Å²) in [4.78, 5) is 47.6. The third kappa shape index (κ3) is 7.21. The monoisotopic (exact) mass is 564 g/mol. The number of alkyl halides is 3. The number of pyridine rings is 1. The molecule has 210 valence electrons. The van der Waals surface area contributed by atoms with E-state index in [9.17, 15) is 27.6 Å². The first kappa shape index (κ1) is 28.7. The largest absolute Gasteiger partial charge is 0.446 e. The fourth-order valence-electron chi connectivity index (χ4n) is 4.62. The van der Waals surface area contributed by atoms with Crippen molar-refractivity contribution < 1.29 is 27.6 Å². The SMILES string of the molecule is CC1(C)C(=O)N(c2ccc(SC(F)(F)F)cc2)C(=O)N1Cc1ccnc(NC(=O)NCCN2CCCCC2)c1. The van der Waals surface area contributed by atoms with Gasteiger partial charge in [0.1, 0.15) is 11.4 Å². The quantitative estimate of drug-likeness (QED) is 0.344. The number of imide groups is 1. The predicted molar refractivity (Wildman–Crippen MR) is 142 cm³/mol. The number of hydrogen-bond acceptors (Lipinski definition) is 6. The first-order chi connectivity index (χ1) is 18.4. The number of nitrogens with one attached hydrogen (secondary N) is 2. The predicted octanol–water partition coefficient (Wildman–Crippen LogP) is 5.05. The summed E-state index contributed by atoms with van der Waals surface area (Å²) in [6.07, 6.45) is 5.10. The van der Waals surface area contributed by atoms with Crippen LogP contribution in [0.2, 0.25) is 0 Å². The Bertz CT molecular complexity index is 1200. The molecule has 5 amide bonds. The molecule has 1 aromatic heterocycles. The number of hydrogen-bond donors (Lipinski definition) is 2. The third-order valence-electron chi connectivity index (χ3n) is 6.72. The molecule has 1 aromatic carbocycles. The molecule has 2 aliphatic heterocycles. The highest BCUT2D eigenvalue weighted by Crippen LogP contribution is 2.39. The summed E-state index contributed by atoms with van der Waals surface area (Å²) >= 11 is -0.270. The van der Waals surface area contributed by atoms with Crippen molar-refractivity contribution in [2.24, 2.45) is 0 Å². The molecule has 2 aliphatic rings. The van der Waals surface area contributed by atoms with Crippen LogP contribution in [0.15, 0.2) is 47.5 Å². The van der Waals surface area contributed by atoms with Gasteiger partial charge in [-0.05, 0) is 93.5 Å². The van der Waals surface area contributed by atoms with Crippen molar-refractivity contribution in [1.82, 2.24) is 20.1 Å². The number of likely N-dealkylation sites (tertiary alicyclic amines) is 1. The highest BCUT2D eigenvalue weighted by atomic mass is 32.2. The number of piperidine rings is 1. The number of amides is 5. The first-order valence-electron chi connectivity index (χ1n) is 12.7. The van der Waals surface area contributed by atoms with E-state index < -0.39 is 23.0 Å². The molecule has 2 aromatic rings. The minimum Gasteiger partial charge on any atom is -0.337 e. The summed E-state index contributed by atoms with van der Waals surface area (Å²) in [6, 6.07) is 7.42. The lowest BCUT2D eigenvalue weighted by Crippen LogP contribution is -2.43. The van der Waals surface area contributed by atoms with E-state index in [0.29, 0.717) is 17.9 Å². The van der Waals surface area contributed by atoms with Crippen molar-refractivity contribution in [3.8, 4) is 0 Å². The van der Waals surface area contributed by atoms with E-state index in [0.717, 1.165) is 24.5 Å². The number of thioether (sulfide) groups is 1. The maximum atomic E-state index is 13.3. The second-order valence-corrected chi connectivity index (χ2v) is 11.1. The molecule has 2 saturated heterocycles. The molecule has 2 N–H and O–H groups in total. The maximum Gasteiger partial charge on any atom is 0.446 e. The highest BCUT2D eigenvalue weighted by molar-refractivity contribution is 8.00. The van der Waals surface area contributed by atoms with E-state index in [1.165, 1.54) is 54.6 Å². The molecule has 0 bridgehead atoms. The zero-order chi connectivity index (χ0) is 28.2. The van der Waals surface area contributed by atoms with Gasteiger partial charge in [-0.3, -0.25) is 10.1 Å². The second-order valence-electron chi connectivity index (χ2n) is 9.94. The van der Waals surface area contributed by atoms with Crippen LogP contribution in [-0.4, -0.2) is 70.0 Å². The smallest absolute Gasteiger partial charge is 0.337 e. The molecular weight excluding hydrogens is 533 g/mol. The Morgan fingerprint density at radius 1 is 1.08 bits per heavy atom. The van der Waals surface area contributed by atoms with Crippen molar-refractivity contribution >= 4 is 41.2 Å². The second kappa shape index (κ2) is 11.8. The number of anilines is 2.